The van der Waals surface area contributed by atoms with Crippen molar-refractivity contribution in [2.24, 2.45) is 10.9 Å². The van der Waals surface area contributed by atoms with Crippen molar-refractivity contribution in [3.8, 4) is 5.75 Å². The molecule has 0 spiro atoms. The fourth-order valence-corrected chi connectivity index (χ4v) is 3.59. The molecule has 164 valence electrons. The third-order valence-corrected chi connectivity index (χ3v) is 5.48. The van der Waals surface area contributed by atoms with Crippen molar-refractivity contribution in [2.75, 3.05) is 60.1 Å². The van der Waals surface area contributed by atoms with Crippen LogP contribution in [0.1, 0.15) is 25.3 Å². The van der Waals surface area contributed by atoms with Crippen LogP contribution in [0.3, 0.4) is 0 Å². The van der Waals surface area contributed by atoms with Gasteiger partial charge in [-0.25, -0.2) is 4.99 Å². The Labute approximate surface area is 179 Å². The molecule has 1 N–H and O–H groups in total. The largest absolute Gasteiger partial charge is 0.494 e. The number of rotatable bonds is 7. The smallest absolute Gasteiger partial charge is 0.243 e. The maximum absolute atomic E-state index is 12.0. The highest BCUT2D eigenvalue weighted by molar-refractivity contribution is 5.85. The molecule has 0 saturated carbocycles. The van der Waals surface area contributed by atoms with Crippen LogP contribution in [0.4, 0.5) is 0 Å². The fourth-order valence-electron chi connectivity index (χ4n) is 3.59. The van der Waals surface area contributed by atoms with Crippen molar-refractivity contribution < 1.29 is 14.3 Å². The Balaban J connectivity index is 1.64. The summed E-state index contributed by atoms with van der Waals surface area (Å²) in [7, 11) is 3.51. The van der Waals surface area contributed by atoms with Gasteiger partial charge in [-0.1, -0.05) is 18.2 Å². The highest BCUT2D eigenvalue weighted by Gasteiger charge is 2.20. The monoisotopic (exact) mass is 414 g/mol. The lowest BCUT2D eigenvalue weighted by molar-refractivity contribution is -0.127. The van der Waals surface area contributed by atoms with Gasteiger partial charge < -0.3 is 24.6 Å². The van der Waals surface area contributed by atoms with Gasteiger partial charge in [0.2, 0.25) is 5.91 Å². The summed E-state index contributed by atoms with van der Waals surface area (Å²) >= 11 is 0. The van der Waals surface area contributed by atoms with E-state index in [0.717, 1.165) is 57.4 Å². The molecule has 30 heavy (non-hydrogen) atoms. The van der Waals surface area contributed by atoms with Crippen molar-refractivity contribution in [1.29, 1.82) is 0 Å². The Kier molecular flexibility index (Phi) is 8.13. The molecule has 1 fully saturated rings. The van der Waals surface area contributed by atoms with Crippen LogP contribution < -0.4 is 10.1 Å². The average Bonchev–Trinajstić information content (AvgIpc) is 3.28. The molecule has 1 saturated heterocycles. The lowest BCUT2D eigenvalue weighted by Gasteiger charge is -2.30. The van der Waals surface area contributed by atoms with E-state index in [1.54, 1.807) is 19.0 Å². The molecule has 0 aliphatic carbocycles. The van der Waals surface area contributed by atoms with Gasteiger partial charge in [-0.3, -0.25) is 4.79 Å². The average molecular weight is 415 g/mol. The number of hydrogen-bond acceptors (Lipinski definition) is 4. The molecular formula is C23H34N4O3. The van der Waals surface area contributed by atoms with Crippen LogP contribution in [0.5, 0.6) is 5.75 Å². The second-order valence-corrected chi connectivity index (χ2v) is 7.92. The zero-order chi connectivity index (χ0) is 21.3. The van der Waals surface area contributed by atoms with E-state index in [1.165, 1.54) is 11.1 Å². The quantitative estimate of drug-likeness (QED) is 0.548. The molecule has 0 bridgehead atoms. The van der Waals surface area contributed by atoms with Crippen LogP contribution in [-0.4, -0.2) is 81.8 Å². The Morgan fingerprint density at radius 1 is 1.33 bits per heavy atom. The van der Waals surface area contributed by atoms with Crippen LogP contribution in [-0.2, 0) is 9.53 Å². The number of nitrogens with zero attached hydrogens (tertiary/aromatic N) is 3. The standard InChI is InChI=1S/C23H34N4O3/c1-4-30-21-7-5-19(6-8-21)20-9-12-27(13-10-20)23(25-16-22(28)26(2)3)24-15-18-11-14-29-17-18/h5-9,18H,4,10-17H2,1-3H3,(H,24,25). The van der Waals surface area contributed by atoms with Gasteiger partial charge in [-0.2, -0.15) is 0 Å². The second kappa shape index (κ2) is 11.0. The van der Waals surface area contributed by atoms with Crippen LogP contribution in [0, 0.1) is 5.92 Å². The molecule has 1 amide bonds. The van der Waals surface area contributed by atoms with E-state index in [2.05, 4.69) is 33.4 Å². The molecule has 1 atom stereocenters. The van der Waals surface area contributed by atoms with Gasteiger partial charge in [0.25, 0.3) is 0 Å². The predicted molar refractivity (Wildman–Crippen MR) is 120 cm³/mol. The fraction of sp³-hybridized carbons (Fsp3) is 0.565. The van der Waals surface area contributed by atoms with E-state index in [-0.39, 0.29) is 12.5 Å². The molecule has 1 unspecified atom stereocenters. The van der Waals surface area contributed by atoms with Crippen molar-refractivity contribution in [2.45, 2.75) is 19.8 Å². The molecule has 7 heteroatoms. The number of guanidine groups is 1. The van der Waals surface area contributed by atoms with E-state index in [1.807, 2.05) is 19.1 Å². The Morgan fingerprint density at radius 2 is 2.13 bits per heavy atom. The lowest BCUT2D eigenvalue weighted by atomic mass is 9.99. The first-order valence-corrected chi connectivity index (χ1v) is 10.8. The number of carbonyl (C=O) groups is 1. The molecule has 3 rings (SSSR count). The Hall–Kier alpha value is -2.54. The maximum Gasteiger partial charge on any atom is 0.243 e. The molecule has 1 aromatic carbocycles. The van der Waals surface area contributed by atoms with Gasteiger partial charge in [-0.05, 0) is 43.0 Å². The van der Waals surface area contributed by atoms with Crippen LogP contribution >= 0.6 is 0 Å². The third-order valence-electron chi connectivity index (χ3n) is 5.48. The number of amides is 1. The first kappa shape index (κ1) is 22.2. The van der Waals surface area contributed by atoms with Gasteiger partial charge in [0.1, 0.15) is 12.3 Å². The van der Waals surface area contributed by atoms with Gasteiger partial charge in [-0.15, -0.1) is 0 Å². The number of aliphatic imine (C=N–C) groups is 1. The molecule has 2 heterocycles. The van der Waals surface area contributed by atoms with Crippen LogP contribution in [0.15, 0.2) is 35.3 Å². The van der Waals surface area contributed by atoms with Gasteiger partial charge in [0, 0.05) is 46.3 Å². The Morgan fingerprint density at radius 3 is 2.73 bits per heavy atom. The number of ether oxygens (including phenoxy) is 2. The highest BCUT2D eigenvalue weighted by atomic mass is 16.5. The van der Waals surface area contributed by atoms with Gasteiger partial charge in [0.15, 0.2) is 5.96 Å². The van der Waals surface area contributed by atoms with E-state index < -0.39 is 0 Å². The maximum atomic E-state index is 12.0. The Bertz CT molecular complexity index is 752. The summed E-state index contributed by atoms with van der Waals surface area (Å²) in [5.74, 6) is 2.21. The molecule has 1 aromatic rings. The van der Waals surface area contributed by atoms with E-state index in [0.29, 0.717) is 12.5 Å². The summed E-state index contributed by atoms with van der Waals surface area (Å²) < 4.78 is 11.0. The van der Waals surface area contributed by atoms with Gasteiger partial charge >= 0.3 is 0 Å². The predicted octanol–water partition coefficient (Wildman–Crippen LogP) is 2.24. The third kappa shape index (κ3) is 6.23. The number of nitrogens with one attached hydrogen (secondary N) is 1. The van der Waals surface area contributed by atoms with Crippen molar-refractivity contribution >= 4 is 17.4 Å². The topological polar surface area (TPSA) is 66.4 Å². The van der Waals surface area contributed by atoms with Crippen LogP contribution in [0.2, 0.25) is 0 Å². The number of carbonyl (C=O) groups excluding carboxylic acids is 1. The zero-order valence-electron chi connectivity index (χ0n) is 18.4. The zero-order valence-corrected chi connectivity index (χ0v) is 18.4. The van der Waals surface area contributed by atoms with Crippen molar-refractivity contribution in [3.05, 3.63) is 35.9 Å². The van der Waals surface area contributed by atoms with E-state index in [9.17, 15) is 4.79 Å². The van der Waals surface area contributed by atoms with Crippen molar-refractivity contribution in [3.63, 3.8) is 0 Å². The molecule has 2 aliphatic rings. The number of likely N-dealkylation sites (N-methyl/N-ethyl adjacent to an activating group) is 1. The molecule has 0 aromatic heterocycles. The molecule has 0 radical (unpaired) electrons. The summed E-state index contributed by atoms with van der Waals surface area (Å²) in [4.78, 5) is 20.4. The van der Waals surface area contributed by atoms with E-state index >= 15 is 0 Å². The summed E-state index contributed by atoms with van der Waals surface area (Å²) in [5.41, 5.74) is 2.57. The minimum Gasteiger partial charge on any atom is -0.494 e. The summed E-state index contributed by atoms with van der Waals surface area (Å²) in [6.07, 6.45) is 4.25. The lowest BCUT2D eigenvalue weighted by Crippen LogP contribution is -2.45. The summed E-state index contributed by atoms with van der Waals surface area (Å²) in [6, 6.07) is 8.29. The first-order chi connectivity index (χ1) is 14.6. The first-order valence-electron chi connectivity index (χ1n) is 10.8. The van der Waals surface area contributed by atoms with Gasteiger partial charge in [0.05, 0.1) is 13.2 Å². The summed E-state index contributed by atoms with van der Waals surface area (Å²) in [5, 5.41) is 3.48. The van der Waals surface area contributed by atoms with E-state index in [4.69, 9.17) is 9.47 Å². The number of benzene rings is 1. The minimum atomic E-state index is 0.00104. The molecule has 7 nitrogen and oxygen atoms in total. The SMILES string of the molecule is CCOc1ccc(C2=CCN(C(=NCC(=O)N(C)C)NCC3CCOC3)CC2)cc1. The highest BCUT2D eigenvalue weighted by Crippen LogP contribution is 2.24. The van der Waals surface area contributed by atoms with Crippen LogP contribution in [0.25, 0.3) is 5.57 Å². The molecule has 2 aliphatic heterocycles. The van der Waals surface area contributed by atoms with Crippen molar-refractivity contribution in [1.82, 2.24) is 15.1 Å². The minimum absolute atomic E-state index is 0.00104. The normalized spacial score (nSPS) is 19.4. The molecular weight excluding hydrogens is 380 g/mol. The number of hydrogen-bond donors (Lipinski definition) is 1. The summed E-state index contributed by atoms with van der Waals surface area (Å²) in [6.45, 7) is 6.90. The second-order valence-electron chi connectivity index (χ2n) is 7.92.